The molecule has 0 fully saturated rings. The average Bonchev–Trinajstić information content (AvgIpc) is 3.22. The van der Waals surface area contributed by atoms with Crippen LogP contribution in [0.2, 0.25) is 0 Å². The third-order valence-corrected chi connectivity index (χ3v) is 12.7. The van der Waals surface area contributed by atoms with Crippen LogP contribution in [0, 0.1) is 0 Å². The van der Waals surface area contributed by atoms with Gasteiger partial charge in [0.1, 0.15) is 0 Å². The van der Waals surface area contributed by atoms with Gasteiger partial charge in [0, 0.05) is 13.2 Å². The second-order valence-corrected chi connectivity index (χ2v) is 18.7. The zero-order chi connectivity index (χ0) is 41.1. The Balaban J connectivity index is 3.18. The Labute approximate surface area is 362 Å². The average molecular weight is 803 g/mol. The molecule has 0 aromatic rings. The third kappa shape index (κ3) is 53.6. The van der Waals surface area contributed by atoms with Crippen LogP contribution in [0.3, 0.4) is 0 Å². The molecule has 0 N–H and O–H groups in total. The summed E-state index contributed by atoms with van der Waals surface area (Å²) in [5, 5.41) is 0. The van der Waals surface area contributed by atoms with E-state index in [0.29, 0.717) is 0 Å². The molecule has 0 saturated carbocycles. The highest BCUT2D eigenvalue weighted by atomic mass is 16.5. The van der Waals surface area contributed by atoms with E-state index in [2.05, 4.69) is 26.8 Å². The summed E-state index contributed by atoms with van der Waals surface area (Å²) in [6, 6.07) is 0. The normalized spacial score (nSPS) is 12.0. The fourth-order valence-corrected chi connectivity index (χ4v) is 8.56. The second kappa shape index (κ2) is 53.7. The van der Waals surface area contributed by atoms with Gasteiger partial charge < -0.3 is 9.47 Å². The van der Waals surface area contributed by atoms with Crippen LogP contribution < -0.4 is 0 Å². The second-order valence-electron chi connectivity index (χ2n) is 18.7. The van der Waals surface area contributed by atoms with E-state index in [1.54, 1.807) is 0 Å². The molecule has 0 aliphatic rings. The van der Waals surface area contributed by atoms with Gasteiger partial charge in [-0.2, -0.15) is 0 Å². The Hall–Kier alpha value is -0.340. The van der Waals surface area contributed by atoms with Crippen LogP contribution in [0.1, 0.15) is 316 Å². The zero-order valence-electron chi connectivity index (χ0n) is 40.2. The van der Waals surface area contributed by atoms with E-state index < -0.39 is 0 Å². The molecule has 342 valence electrons. The zero-order valence-corrected chi connectivity index (χ0v) is 40.2. The van der Waals surface area contributed by atoms with Crippen molar-refractivity contribution in [2.24, 2.45) is 0 Å². The molecular formula is C55H110O2. The molecule has 0 bridgehead atoms. The number of rotatable bonds is 52. The summed E-state index contributed by atoms with van der Waals surface area (Å²) >= 11 is 0. The lowest BCUT2D eigenvalue weighted by Crippen LogP contribution is -2.00. The standard InChI is InChI=1S/C55H110O2/c1-4-6-8-10-12-14-16-18-20-22-24-26-28-30-32-34-36-38-40-42-44-46-48-51-56-53-50-55(3)54-57-52-49-47-45-43-41-39-37-35-33-31-29-27-25-23-21-19-17-15-13-11-9-7-5-2/h50H,4-49,51-54H2,1-3H3. The summed E-state index contributed by atoms with van der Waals surface area (Å²) in [4.78, 5) is 0. The number of hydrogen-bond donors (Lipinski definition) is 0. The van der Waals surface area contributed by atoms with Crippen molar-refractivity contribution in [3.63, 3.8) is 0 Å². The van der Waals surface area contributed by atoms with Gasteiger partial charge in [0.25, 0.3) is 0 Å². The Morgan fingerprint density at radius 1 is 0.263 bits per heavy atom. The lowest BCUT2D eigenvalue weighted by Gasteiger charge is -2.06. The van der Waals surface area contributed by atoms with Gasteiger partial charge >= 0.3 is 0 Å². The minimum atomic E-state index is 0.744. The van der Waals surface area contributed by atoms with E-state index >= 15 is 0 Å². The first-order valence-corrected chi connectivity index (χ1v) is 27.1. The molecule has 2 heteroatoms. The summed E-state index contributed by atoms with van der Waals surface area (Å²) in [7, 11) is 0. The van der Waals surface area contributed by atoms with Gasteiger partial charge in [-0.25, -0.2) is 0 Å². The molecule has 0 aliphatic carbocycles. The summed E-state index contributed by atoms with van der Waals surface area (Å²) in [6.07, 6.45) is 68.4. The van der Waals surface area contributed by atoms with E-state index in [0.717, 1.165) is 26.4 Å². The molecule has 0 saturated heterocycles. The van der Waals surface area contributed by atoms with Crippen LogP contribution in [0.5, 0.6) is 0 Å². The first kappa shape index (κ1) is 56.7. The highest BCUT2D eigenvalue weighted by molar-refractivity contribution is 4.98. The third-order valence-electron chi connectivity index (χ3n) is 12.7. The Bertz CT molecular complexity index is 715. The number of unbranched alkanes of at least 4 members (excludes halogenated alkanes) is 44. The van der Waals surface area contributed by atoms with E-state index in [1.807, 2.05) is 0 Å². The topological polar surface area (TPSA) is 18.5 Å². The van der Waals surface area contributed by atoms with Gasteiger partial charge in [-0.05, 0) is 25.3 Å². The van der Waals surface area contributed by atoms with Gasteiger partial charge in [-0.1, -0.05) is 302 Å². The van der Waals surface area contributed by atoms with Gasteiger partial charge in [0.2, 0.25) is 0 Å². The highest BCUT2D eigenvalue weighted by Gasteiger charge is 1.99. The quantitative estimate of drug-likeness (QED) is 0.0450. The maximum absolute atomic E-state index is 5.93. The predicted molar refractivity (Wildman–Crippen MR) is 259 cm³/mol. The van der Waals surface area contributed by atoms with E-state index in [9.17, 15) is 0 Å². The van der Waals surface area contributed by atoms with E-state index in [-0.39, 0.29) is 0 Å². The van der Waals surface area contributed by atoms with Crippen molar-refractivity contribution in [1.82, 2.24) is 0 Å². The molecule has 0 aromatic carbocycles. The number of hydrogen-bond acceptors (Lipinski definition) is 2. The van der Waals surface area contributed by atoms with Crippen LogP contribution in [-0.2, 0) is 9.47 Å². The minimum absolute atomic E-state index is 0.744. The van der Waals surface area contributed by atoms with E-state index in [1.165, 1.54) is 301 Å². The first-order valence-electron chi connectivity index (χ1n) is 27.1. The lowest BCUT2D eigenvalue weighted by atomic mass is 10.0. The minimum Gasteiger partial charge on any atom is -0.377 e. The molecule has 0 aliphatic heterocycles. The molecule has 57 heavy (non-hydrogen) atoms. The fraction of sp³-hybridized carbons (Fsp3) is 0.964. The molecule has 0 heterocycles. The maximum atomic E-state index is 5.93. The Kier molecular flexibility index (Phi) is 53.4. The van der Waals surface area contributed by atoms with E-state index in [4.69, 9.17) is 9.47 Å². The van der Waals surface area contributed by atoms with Crippen LogP contribution in [-0.4, -0.2) is 26.4 Å². The van der Waals surface area contributed by atoms with Crippen LogP contribution in [0.15, 0.2) is 11.6 Å². The SMILES string of the molecule is CCCCCCCCCCCCCCCCCCCCCCCCCOCC=C(C)COCCCCCCCCCCCCCCCCCCCCCCCCC. The molecule has 0 rings (SSSR count). The van der Waals surface area contributed by atoms with Crippen molar-refractivity contribution in [1.29, 1.82) is 0 Å². The Morgan fingerprint density at radius 3 is 0.684 bits per heavy atom. The van der Waals surface area contributed by atoms with Gasteiger partial charge in [-0.15, -0.1) is 0 Å². The van der Waals surface area contributed by atoms with Crippen molar-refractivity contribution >= 4 is 0 Å². The summed E-state index contributed by atoms with van der Waals surface area (Å²) < 4.78 is 11.8. The van der Waals surface area contributed by atoms with Crippen molar-refractivity contribution in [2.45, 2.75) is 316 Å². The van der Waals surface area contributed by atoms with Gasteiger partial charge in [0.15, 0.2) is 0 Å². The molecule has 2 nitrogen and oxygen atoms in total. The molecular weight excluding hydrogens is 693 g/mol. The predicted octanol–water partition coefficient (Wildman–Crippen LogP) is 20.0. The Morgan fingerprint density at radius 2 is 0.456 bits per heavy atom. The van der Waals surface area contributed by atoms with Crippen molar-refractivity contribution in [3.8, 4) is 0 Å². The molecule has 0 amide bonds. The molecule has 0 atom stereocenters. The molecule has 0 spiro atoms. The van der Waals surface area contributed by atoms with Crippen LogP contribution in [0.25, 0.3) is 0 Å². The van der Waals surface area contributed by atoms with Gasteiger partial charge in [-0.3, -0.25) is 0 Å². The lowest BCUT2D eigenvalue weighted by molar-refractivity contribution is 0.144. The van der Waals surface area contributed by atoms with Crippen LogP contribution >= 0.6 is 0 Å². The molecule has 0 radical (unpaired) electrons. The maximum Gasteiger partial charge on any atom is 0.0674 e. The summed E-state index contributed by atoms with van der Waals surface area (Å²) in [6.45, 7) is 10.1. The largest absolute Gasteiger partial charge is 0.377 e. The molecule has 0 unspecified atom stereocenters. The highest BCUT2D eigenvalue weighted by Crippen LogP contribution is 2.17. The summed E-state index contributed by atoms with van der Waals surface area (Å²) in [5.74, 6) is 0. The summed E-state index contributed by atoms with van der Waals surface area (Å²) in [5.41, 5.74) is 1.31. The monoisotopic (exact) mass is 803 g/mol. The smallest absolute Gasteiger partial charge is 0.0674 e. The fourth-order valence-electron chi connectivity index (χ4n) is 8.56. The first-order chi connectivity index (χ1) is 28.3. The van der Waals surface area contributed by atoms with Crippen molar-refractivity contribution in [3.05, 3.63) is 11.6 Å². The molecule has 0 aromatic heterocycles. The number of ether oxygens (including phenoxy) is 2. The van der Waals surface area contributed by atoms with Crippen molar-refractivity contribution < 1.29 is 9.47 Å². The van der Waals surface area contributed by atoms with Crippen LogP contribution in [0.4, 0.5) is 0 Å². The van der Waals surface area contributed by atoms with Crippen molar-refractivity contribution in [2.75, 3.05) is 26.4 Å². The van der Waals surface area contributed by atoms with Gasteiger partial charge in [0.05, 0.1) is 13.2 Å².